The van der Waals surface area contributed by atoms with Crippen LogP contribution in [0.3, 0.4) is 0 Å². The van der Waals surface area contributed by atoms with E-state index >= 15 is 0 Å². The molecule has 0 bridgehead atoms. The van der Waals surface area contributed by atoms with Crippen molar-refractivity contribution in [1.29, 1.82) is 0 Å². The van der Waals surface area contributed by atoms with E-state index < -0.39 is 0 Å². The molecule has 1 aromatic rings. The molecule has 0 unspecified atom stereocenters. The third-order valence-corrected chi connectivity index (χ3v) is 6.96. The molecular weight excluding hydrogens is 338 g/mol. The Bertz CT molecular complexity index is 690. The highest BCUT2D eigenvalue weighted by Gasteiger charge is 2.44. The summed E-state index contributed by atoms with van der Waals surface area (Å²) in [6, 6.07) is 5.09. The standard InChI is InChI=1S/C27H48N/c1-24(2,3)21-17-20(19-28(27(10,11)12)15-13-14-16-28)23(26(7,8)9)22(18-21)25(4,5)6/h17-18H,13-16,19H2,1-12H3/q+1. The molecule has 0 radical (unpaired) electrons. The van der Waals surface area contributed by atoms with E-state index in [2.05, 4.69) is 95.2 Å². The molecule has 160 valence electrons. The molecule has 1 saturated heterocycles. The summed E-state index contributed by atoms with van der Waals surface area (Å²) in [5, 5.41) is 0. The predicted octanol–water partition coefficient (Wildman–Crippen LogP) is 7.49. The third-order valence-electron chi connectivity index (χ3n) is 6.96. The molecule has 1 nitrogen and oxygen atoms in total. The van der Waals surface area contributed by atoms with Gasteiger partial charge in [-0.2, -0.15) is 0 Å². The highest BCUT2D eigenvalue weighted by atomic mass is 15.4. The first-order chi connectivity index (χ1) is 12.4. The molecule has 0 atom stereocenters. The van der Waals surface area contributed by atoms with Crippen LogP contribution in [-0.4, -0.2) is 23.1 Å². The topological polar surface area (TPSA) is 0 Å². The van der Waals surface area contributed by atoms with Gasteiger partial charge in [0.05, 0.1) is 18.6 Å². The maximum Gasteiger partial charge on any atom is 0.105 e. The normalized spacial score (nSPS) is 18.6. The fourth-order valence-electron chi connectivity index (χ4n) is 5.07. The molecule has 28 heavy (non-hydrogen) atoms. The van der Waals surface area contributed by atoms with Crippen molar-refractivity contribution in [3.63, 3.8) is 0 Å². The van der Waals surface area contributed by atoms with E-state index in [0.717, 1.165) is 0 Å². The van der Waals surface area contributed by atoms with Gasteiger partial charge in [-0.15, -0.1) is 0 Å². The van der Waals surface area contributed by atoms with Crippen molar-refractivity contribution in [3.05, 3.63) is 34.4 Å². The number of hydrogen-bond acceptors (Lipinski definition) is 0. The van der Waals surface area contributed by atoms with Gasteiger partial charge >= 0.3 is 0 Å². The van der Waals surface area contributed by atoms with E-state index in [0.29, 0.717) is 0 Å². The van der Waals surface area contributed by atoms with Crippen LogP contribution >= 0.6 is 0 Å². The zero-order chi connectivity index (χ0) is 21.8. The van der Waals surface area contributed by atoms with Gasteiger partial charge in [-0.25, -0.2) is 0 Å². The van der Waals surface area contributed by atoms with Crippen molar-refractivity contribution in [2.75, 3.05) is 13.1 Å². The van der Waals surface area contributed by atoms with Crippen molar-refractivity contribution in [1.82, 2.24) is 0 Å². The average Bonchev–Trinajstić information content (AvgIpc) is 2.92. The van der Waals surface area contributed by atoms with Crippen LogP contribution in [-0.2, 0) is 22.8 Å². The molecule has 0 saturated carbocycles. The summed E-state index contributed by atoms with van der Waals surface area (Å²) < 4.78 is 1.23. The molecule has 1 fully saturated rings. The van der Waals surface area contributed by atoms with E-state index in [1.54, 1.807) is 16.7 Å². The van der Waals surface area contributed by atoms with Crippen LogP contribution in [0.2, 0.25) is 0 Å². The highest BCUT2D eigenvalue weighted by molar-refractivity contribution is 5.48. The van der Waals surface area contributed by atoms with E-state index in [1.807, 2.05) is 0 Å². The Labute approximate surface area is 176 Å². The Kier molecular flexibility index (Phi) is 5.99. The Balaban J connectivity index is 2.80. The monoisotopic (exact) mass is 386 g/mol. The number of rotatable bonds is 2. The SMILES string of the molecule is CC(C)(C)c1cc(C[N+]2(C(C)(C)C)CCCC2)c(C(C)(C)C)c(C(C)(C)C)c1. The van der Waals surface area contributed by atoms with Crippen LogP contribution in [0, 0.1) is 0 Å². The summed E-state index contributed by atoms with van der Waals surface area (Å²) >= 11 is 0. The lowest BCUT2D eigenvalue weighted by atomic mass is 9.70. The lowest BCUT2D eigenvalue weighted by Crippen LogP contribution is -2.57. The van der Waals surface area contributed by atoms with Gasteiger partial charge < -0.3 is 4.48 Å². The predicted molar refractivity (Wildman–Crippen MR) is 125 cm³/mol. The fraction of sp³-hybridized carbons (Fsp3) is 0.778. The summed E-state index contributed by atoms with van der Waals surface area (Å²) in [7, 11) is 0. The van der Waals surface area contributed by atoms with Crippen LogP contribution in [0.25, 0.3) is 0 Å². The second kappa shape index (κ2) is 7.15. The van der Waals surface area contributed by atoms with Crippen molar-refractivity contribution < 1.29 is 4.48 Å². The molecule has 0 amide bonds. The molecule has 1 aliphatic heterocycles. The van der Waals surface area contributed by atoms with Gasteiger partial charge in [0.2, 0.25) is 0 Å². The maximum absolute atomic E-state index is 2.57. The summed E-state index contributed by atoms with van der Waals surface area (Å²) in [4.78, 5) is 0. The first-order valence-corrected chi connectivity index (χ1v) is 11.4. The van der Waals surface area contributed by atoms with Gasteiger partial charge in [0.1, 0.15) is 6.54 Å². The zero-order valence-corrected chi connectivity index (χ0v) is 21.1. The van der Waals surface area contributed by atoms with Crippen LogP contribution < -0.4 is 0 Å². The minimum absolute atomic E-state index is 0.149. The summed E-state index contributed by atoms with van der Waals surface area (Å²) in [6.45, 7) is 32.6. The van der Waals surface area contributed by atoms with Gasteiger partial charge in [-0.1, -0.05) is 68.4 Å². The van der Waals surface area contributed by atoms with E-state index in [-0.39, 0.29) is 21.8 Å². The molecule has 0 spiro atoms. The fourth-order valence-corrected chi connectivity index (χ4v) is 5.07. The average molecular weight is 387 g/mol. The first-order valence-electron chi connectivity index (χ1n) is 11.4. The number of hydrogen-bond donors (Lipinski definition) is 0. The second-order valence-electron chi connectivity index (χ2n) is 13.4. The number of benzene rings is 1. The Morgan fingerprint density at radius 2 is 1.18 bits per heavy atom. The molecule has 1 aromatic carbocycles. The van der Waals surface area contributed by atoms with Crippen LogP contribution in [0.1, 0.15) is 118 Å². The second-order valence-corrected chi connectivity index (χ2v) is 13.4. The van der Waals surface area contributed by atoms with Gasteiger partial charge in [-0.3, -0.25) is 0 Å². The molecule has 0 aliphatic carbocycles. The zero-order valence-electron chi connectivity index (χ0n) is 21.1. The van der Waals surface area contributed by atoms with Crippen molar-refractivity contribution >= 4 is 0 Å². The molecule has 1 aliphatic rings. The third kappa shape index (κ3) is 4.66. The molecule has 2 rings (SSSR count). The van der Waals surface area contributed by atoms with Gasteiger partial charge in [-0.05, 0) is 59.8 Å². The van der Waals surface area contributed by atoms with Gasteiger partial charge in [0.15, 0.2) is 0 Å². The van der Waals surface area contributed by atoms with Crippen LogP contribution in [0.15, 0.2) is 12.1 Å². The quantitative estimate of drug-likeness (QED) is 0.462. The maximum atomic E-state index is 2.57. The summed E-state index contributed by atoms with van der Waals surface area (Å²) in [6.07, 6.45) is 2.74. The Hall–Kier alpha value is -0.820. The largest absolute Gasteiger partial charge is 0.316 e. The Morgan fingerprint density at radius 1 is 0.679 bits per heavy atom. The van der Waals surface area contributed by atoms with Gasteiger partial charge in [0.25, 0.3) is 0 Å². The molecule has 1 heteroatoms. The first kappa shape index (κ1) is 23.5. The lowest BCUT2D eigenvalue weighted by Gasteiger charge is -2.47. The highest BCUT2D eigenvalue weighted by Crippen LogP contribution is 2.42. The Morgan fingerprint density at radius 3 is 1.54 bits per heavy atom. The summed E-state index contributed by atoms with van der Waals surface area (Å²) in [5.74, 6) is 0. The van der Waals surface area contributed by atoms with Crippen molar-refractivity contribution in [3.8, 4) is 0 Å². The van der Waals surface area contributed by atoms with Crippen molar-refractivity contribution in [2.24, 2.45) is 0 Å². The van der Waals surface area contributed by atoms with Crippen LogP contribution in [0.4, 0.5) is 0 Å². The lowest BCUT2D eigenvalue weighted by molar-refractivity contribution is -0.972. The van der Waals surface area contributed by atoms with Crippen LogP contribution in [0.5, 0.6) is 0 Å². The molecule has 1 heterocycles. The summed E-state index contributed by atoms with van der Waals surface area (Å²) in [5.41, 5.74) is 6.99. The van der Waals surface area contributed by atoms with Gasteiger partial charge in [0, 0.05) is 18.4 Å². The minimum Gasteiger partial charge on any atom is -0.316 e. The number of quaternary nitrogens is 1. The van der Waals surface area contributed by atoms with E-state index in [4.69, 9.17) is 0 Å². The molecule has 0 aromatic heterocycles. The minimum atomic E-state index is 0.149. The van der Waals surface area contributed by atoms with E-state index in [9.17, 15) is 0 Å². The number of nitrogens with zero attached hydrogens (tertiary/aromatic N) is 1. The smallest absolute Gasteiger partial charge is 0.105 e. The number of likely N-dealkylation sites (tertiary alicyclic amines) is 1. The molecule has 0 N–H and O–H groups in total. The molecular formula is C27H48N+. The van der Waals surface area contributed by atoms with E-state index in [1.165, 1.54) is 42.5 Å². The van der Waals surface area contributed by atoms with Crippen molar-refractivity contribution in [2.45, 2.75) is 124 Å².